The first-order chi connectivity index (χ1) is 6.04. The Hall–Kier alpha value is -0.120. The van der Waals surface area contributed by atoms with Crippen LogP contribution in [0.3, 0.4) is 0 Å². The Morgan fingerprint density at radius 2 is 1.85 bits per heavy atom. The van der Waals surface area contributed by atoms with Crippen LogP contribution >= 0.6 is 0 Å². The van der Waals surface area contributed by atoms with Gasteiger partial charge in [0.05, 0.1) is 6.61 Å². The first-order valence-electron chi connectivity index (χ1n) is 5.04. The molecule has 0 aromatic carbocycles. The number of hydrogen-bond donors (Lipinski definition) is 1. The summed E-state index contributed by atoms with van der Waals surface area (Å²) in [5.41, 5.74) is -0.102. The van der Waals surface area contributed by atoms with Crippen LogP contribution in [0, 0.1) is 5.41 Å². The van der Waals surface area contributed by atoms with Crippen LogP contribution in [-0.2, 0) is 9.47 Å². The van der Waals surface area contributed by atoms with Crippen molar-refractivity contribution in [2.45, 2.75) is 51.6 Å². The molecule has 13 heavy (non-hydrogen) atoms. The van der Waals surface area contributed by atoms with Crippen LogP contribution in [0.15, 0.2) is 0 Å². The number of ether oxygens (including phenoxy) is 2. The molecule has 2 aliphatic rings. The van der Waals surface area contributed by atoms with Crippen molar-refractivity contribution < 1.29 is 14.6 Å². The van der Waals surface area contributed by atoms with Crippen LogP contribution in [0.2, 0.25) is 0 Å². The molecule has 1 saturated carbocycles. The SMILES string of the molecule is CC1(C)OCC2(CCCC2)C(O)O1. The lowest BCUT2D eigenvalue weighted by atomic mass is 9.85. The van der Waals surface area contributed by atoms with Crippen molar-refractivity contribution in [2.24, 2.45) is 5.41 Å². The molecule has 0 radical (unpaired) electrons. The van der Waals surface area contributed by atoms with Gasteiger partial charge in [-0.25, -0.2) is 0 Å². The Labute approximate surface area is 79.0 Å². The van der Waals surface area contributed by atoms with Gasteiger partial charge in [-0.15, -0.1) is 0 Å². The molecule has 1 unspecified atom stereocenters. The van der Waals surface area contributed by atoms with Gasteiger partial charge in [0, 0.05) is 5.41 Å². The van der Waals surface area contributed by atoms with Crippen LogP contribution in [0.4, 0.5) is 0 Å². The highest BCUT2D eigenvalue weighted by Crippen LogP contribution is 2.46. The molecule has 0 amide bonds. The predicted molar refractivity (Wildman–Crippen MR) is 48.0 cm³/mol. The minimum atomic E-state index is -0.640. The average molecular weight is 186 g/mol. The summed E-state index contributed by atoms with van der Waals surface area (Å²) in [5, 5.41) is 9.89. The van der Waals surface area contributed by atoms with E-state index in [9.17, 15) is 5.11 Å². The van der Waals surface area contributed by atoms with E-state index >= 15 is 0 Å². The Kier molecular flexibility index (Phi) is 2.13. The van der Waals surface area contributed by atoms with E-state index in [0.717, 1.165) is 12.8 Å². The summed E-state index contributed by atoms with van der Waals surface area (Å²) in [6.45, 7) is 4.33. The summed E-state index contributed by atoms with van der Waals surface area (Å²) in [4.78, 5) is 0. The smallest absolute Gasteiger partial charge is 0.165 e. The van der Waals surface area contributed by atoms with Gasteiger partial charge < -0.3 is 14.6 Å². The number of hydrogen-bond acceptors (Lipinski definition) is 3. The normalized spacial score (nSPS) is 36.7. The monoisotopic (exact) mass is 186 g/mol. The molecule has 1 N–H and O–H groups in total. The molecule has 2 fully saturated rings. The maximum absolute atomic E-state index is 9.89. The maximum atomic E-state index is 9.89. The van der Waals surface area contributed by atoms with E-state index in [0.29, 0.717) is 6.61 Å². The molecular formula is C10H18O3. The lowest BCUT2D eigenvalue weighted by Gasteiger charge is -2.45. The van der Waals surface area contributed by atoms with Crippen LogP contribution in [-0.4, -0.2) is 23.8 Å². The van der Waals surface area contributed by atoms with Crippen LogP contribution in [0.1, 0.15) is 39.5 Å². The molecule has 1 aliphatic carbocycles. The van der Waals surface area contributed by atoms with Gasteiger partial charge in [-0.2, -0.15) is 0 Å². The van der Waals surface area contributed by atoms with E-state index < -0.39 is 12.1 Å². The molecule has 1 atom stereocenters. The molecule has 1 saturated heterocycles. The van der Waals surface area contributed by atoms with Gasteiger partial charge in [0.2, 0.25) is 0 Å². The largest absolute Gasteiger partial charge is 0.367 e. The second-order valence-electron chi connectivity index (χ2n) is 4.73. The van der Waals surface area contributed by atoms with Crippen LogP contribution in [0.25, 0.3) is 0 Å². The van der Waals surface area contributed by atoms with E-state index in [1.807, 2.05) is 13.8 Å². The molecule has 0 bridgehead atoms. The zero-order chi connectivity index (χ0) is 9.53. The van der Waals surface area contributed by atoms with Crippen molar-refractivity contribution in [1.29, 1.82) is 0 Å². The molecule has 1 aliphatic heterocycles. The fourth-order valence-corrected chi connectivity index (χ4v) is 2.29. The zero-order valence-corrected chi connectivity index (χ0v) is 8.38. The van der Waals surface area contributed by atoms with Crippen molar-refractivity contribution in [3.05, 3.63) is 0 Å². The third-order valence-electron chi connectivity index (χ3n) is 3.23. The van der Waals surface area contributed by atoms with Crippen molar-refractivity contribution in [2.75, 3.05) is 6.61 Å². The Morgan fingerprint density at radius 3 is 2.38 bits per heavy atom. The molecular weight excluding hydrogens is 168 g/mol. The summed E-state index contributed by atoms with van der Waals surface area (Å²) in [6.07, 6.45) is 3.79. The molecule has 3 heteroatoms. The molecule has 2 rings (SSSR count). The maximum Gasteiger partial charge on any atom is 0.165 e. The number of aliphatic hydroxyl groups excluding tert-OH is 1. The van der Waals surface area contributed by atoms with Crippen molar-refractivity contribution in [3.63, 3.8) is 0 Å². The van der Waals surface area contributed by atoms with Gasteiger partial charge in [0.25, 0.3) is 0 Å². The van der Waals surface area contributed by atoms with E-state index in [1.165, 1.54) is 12.8 Å². The molecule has 1 heterocycles. The van der Waals surface area contributed by atoms with Gasteiger partial charge in [-0.3, -0.25) is 0 Å². The first kappa shape index (κ1) is 9.44. The second kappa shape index (κ2) is 2.94. The number of rotatable bonds is 0. The fraction of sp³-hybridized carbons (Fsp3) is 1.00. The molecule has 0 aromatic rings. The summed E-state index contributed by atoms with van der Waals surface area (Å²) >= 11 is 0. The summed E-state index contributed by atoms with van der Waals surface area (Å²) in [5.74, 6) is -0.618. The Morgan fingerprint density at radius 1 is 1.23 bits per heavy atom. The van der Waals surface area contributed by atoms with E-state index in [-0.39, 0.29) is 5.41 Å². The lowest BCUT2D eigenvalue weighted by molar-refractivity contribution is -0.366. The van der Waals surface area contributed by atoms with Gasteiger partial charge in [-0.05, 0) is 26.7 Å². The minimum absolute atomic E-state index is 0.102. The molecule has 1 spiro atoms. The predicted octanol–water partition coefficient (Wildman–Crippen LogP) is 1.65. The van der Waals surface area contributed by atoms with Gasteiger partial charge in [-0.1, -0.05) is 12.8 Å². The molecule has 0 aromatic heterocycles. The standard InChI is InChI=1S/C10H18O3/c1-9(2)12-7-10(8(11)13-9)5-3-4-6-10/h8,11H,3-7H2,1-2H3. The van der Waals surface area contributed by atoms with Crippen molar-refractivity contribution in [1.82, 2.24) is 0 Å². The summed E-state index contributed by atoms with van der Waals surface area (Å²) in [6, 6.07) is 0. The van der Waals surface area contributed by atoms with Gasteiger partial charge in [0.15, 0.2) is 12.1 Å². The third kappa shape index (κ3) is 1.60. The second-order valence-corrected chi connectivity index (χ2v) is 4.73. The number of aliphatic hydroxyl groups is 1. The average Bonchev–Trinajstić information content (AvgIpc) is 2.47. The van der Waals surface area contributed by atoms with Crippen molar-refractivity contribution in [3.8, 4) is 0 Å². The highest BCUT2D eigenvalue weighted by atomic mass is 16.8. The third-order valence-corrected chi connectivity index (χ3v) is 3.23. The Balaban J connectivity index is 2.08. The highest BCUT2D eigenvalue weighted by molar-refractivity contribution is 4.90. The van der Waals surface area contributed by atoms with Gasteiger partial charge >= 0.3 is 0 Å². The Bertz CT molecular complexity index is 194. The lowest BCUT2D eigenvalue weighted by Crippen LogP contribution is -2.51. The fourth-order valence-electron chi connectivity index (χ4n) is 2.29. The zero-order valence-electron chi connectivity index (χ0n) is 8.38. The van der Waals surface area contributed by atoms with Crippen LogP contribution < -0.4 is 0 Å². The topological polar surface area (TPSA) is 38.7 Å². The summed E-state index contributed by atoms with van der Waals surface area (Å²) in [7, 11) is 0. The minimum Gasteiger partial charge on any atom is -0.367 e. The van der Waals surface area contributed by atoms with E-state index in [4.69, 9.17) is 9.47 Å². The molecule has 76 valence electrons. The van der Waals surface area contributed by atoms with Crippen molar-refractivity contribution >= 4 is 0 Å². The van der Waals surface area contributed by atoms with E-state index in [1.54, 1.807) is 0 Å². The highest BCUT2D eigenvalue weighted by Gasteiger charge is 2.48. The quantitative estimate of drug-likeness (QED) is 0.625. The van der Waals surface area contributed by atoms with Crippen LogP contribution in [0.5, 0.6) is 0 Å². The molecule has 3 nitrogen and oxygen atoms in total. The van der Waals surface area contributed by atoms with E-state index in [2.05, 4.69) is 0 Å². The first-order valence-corrected chi connectivity index (χ1v) is 5.04. The summed E-state index contributed by atoms with van der Waals surface area (Å²) < 4.78 is 11.0. The van der Waals surface area contributed by atoms with Gasteiger partial charge in [0.1, 0.15) is 0 Å².